The van der Waals surface area contributed by atoms with Gasteiger partial charge in [0.2, 0.25) is 0 Å². The van der Waals surface area contributed by atoms with Crippen LogP contribution in [0.25, 0.3) is 11.0 Å². The van der Waals surface area contributed by atoms with Crippen LogP contribution in [-0.2, 0) is 5.41 Å². The number of rotatable bonds is 0. The Morgan fingerprint density at radius 2 is 1.80 bits per heavy atom. The SMILES string of the molecule is CC.CC(C)(C)c1nccc2ccoc12. The molecule has 82 valence electrons. The van der Waals surface area contributed by atoms with E-state index in [1.165, 1.54) is 0 Å². The predicted octanol–water partition coefficient (Wildman–Crippen LogP) is 4.15. The lowest BCUT2D eigenvalue weighted by Gasteiger charge is -2.17. The lowest BCUT2D eigenvalue weighted by molar-refractivity contribution is 0.542. The van der Waals surface area contributed by atoms with Gasteiger partial charge in [0.05, 0.1) is 12.0 Å². The minimum atomic E-state index is 0.0391. The van der Waals surface area contributed by atoms with Crippen molar-refractivity contribution in [3.05, 3.63) is 30.3 Å². The highest BCUT2D eigenvalue weighted by Gasteiger charge is 2.19. The van der Waals surface area contributed by atoms with Gasteiger partial charge in [-0.25, -0.2) is 0 Å². The van der Waals surface area contributed by atoms with Gasteiger partial charge in [-0.1, -0.05) is 34.6 Å². The van der Waals surface area contributed by atoms with Crippen molar-refractivity contribution < 1.29 is 4.42 Å². The van der Waals surface area contributed by atoms with Gasteiger partial charge < -0.3 is 4.42 Å². The zero-order valence-corrected chi connectivity index (χ0v) is 10.2. The molecule has 2 nitrogen and oxygen atoms in total. The minimum absolute atomic E-state index is 0.0391. The molecule has 15 heavy (non-hydrogen) atoms. The van der Waals surface area contributed by atoms with Gasteiger partial charge in [0, 0.05) is 17.0 Å². The van der Waals surface area contributed by atoms with Gasteiger partial charge >= 0.3 is 0 Å². The van der Waals surface area contributed by atoms with E-state index in [0.29, 0.717) is 0 Å². The number of fused-ring (bicyclic) bond motifs is 1. The van der Waals surface area contributed by atoms with E-state index in [2.05, 4.69) is 25.8 Å². The van der Waals surface area contributed by atoms with Crippen LogP contribution in [0.1, 0.15) is 40.3 Å². The first-order valence-electron chi connectivity index (χ1n) is 5.42. The van der Waals surface area contributed by atoms with Crippen molar-refractivity contribution in [3.63, 3.8) is 0 Å². The summed E-state index contributed by atoms with van der Waals surface area (Å²) in [6, 6.07) is 3.93. The van der Waals surface area contributed by atoms with Gasteiger partial charge in [-0.3, -0.25) is 4.98 Å². The van der Waals surface area contributed by atoms with Crippen LogP contribution in [0.4, 0.5) is 0 Å². The molecule has 0 saturated heterocycles. The molecule has 0 amide bonds. The topological polar surface area (TPSA) is 26.0 Å². The van der Waals surface area contributed by atoms with Crippen molar-refractivity contribution in [1.29, 1.82) is 0 Å². The second kappa shape index (κ2) is 4.47. The summed E-state index contributed by atoms with van der Waals surface area (Å²) in [7, 11) is 0. The number of hydrogen-bond donors (Lipinski definition) is 0. The summed E-state index contributed by atoms with van der Waals surface area (Å²) in [4.78, 5) is 4.36. The standard InChI is InChI=1S/C11H13NO.C2H6/c1-11(2,3)10-9-8(4-6-12-10)5-7-13-9;1-2/h4-7H,1-3H3;1-2H3. The Balaban J connectivity index is 0.000000531. The Hall–Kier alpha value is -1.31. The second-order valence-corrected chi connectivity index (χ2v) is 4.25. The minimum Gasteiger partial charge on any atom is -0.462 e. The van der Waals surface area contributed by atoms with E-state index in [1.807, 2.05) is 32.2 Å². The number of furan rings is 1. The Labute approximate surface area is 91.3 Å². The van der Waals surface area contributed by atoms with Crippen LogP contribution in [0.2, 0.25) is 0 Å². The second-order valence-electron chi connectivity index (χ2n) is 4.25. The summed E-state index contributed by atoms with van der Waals surface area (Å²) in [5.41, 5.74) is 1.97. The monoisotopic (exact) mass is 205 g/mol. The highest BCUT2D eigenvalue weighted by molar-refractivity contribution is 5.79. The Bertz CT molecular complexity index is 423. The van der Waals surface area contributed by atoms with E-state index in [1.54, 1.807) is 6.26 Å². The van der Waals surface area contributed by atoms with Crippen molar-refractivity contribution in [2.24, 2.45) is 0 Å². The number of hydrogen-bond acceptors (Lipinski definition) is 2. The zero-order chi connectivity index (χ0) is 11.5. The first-order chi connectivity index (χ1) is 7.09. The highest BCUT2D eigenvalue weighted by Crippen LogP contribution is 2.27. The van der Waals surface area contributed by atoms with E-state index in [-0.39, 0.29) is 5.41 Å². The molecule has 0 aliphatic rings. The quantitative estimate of drug-likeness (QED) is 0.645. The summed E-state index contributed by atoms with van der Waals surface area (Å²) in [5, 5.41) is 1.12. The van der Waals surface area contributed by atoms with Crippen LogP contribution in [-0.4, -0.2) is 4.98 Å². The fourth-order valence-electron chi connectivity index (χ4n) is 1.43. The average Bonchev–Trinajstić information content (AvgIpc) is 2.66. The van der Waals surface area contributed by atoms with E-state index in [9.17, 15) is 0 Å². The molecular weight excluding hydrogens is 186 g/mol. The molecule has 2 aromatic heterocycles. The van der Waals surface area contributed by atoms with Crippen molar-refractivity contribution in [2.45, 2.75) is 40.0 Å². The van der Waals surface area contributed by atoms with Gasteiger partial charge in [0.25, 0.3) is 0 Å². The van der Waals surface area contributed by atoms with Gasteiger partial charge in [0.15, 0.2) is 5.58 Å². The Kier molecular flexibility index (Phi) is 3.51. The summed E-state index contributed by atoms with van der Waals surface area (Å²) >= 11 is 0. The molecule has 0 saturated carbocycles. The van der Waals surface area contributed by atoms with Gasteiger partial charge in [0.1, 0.15) is 0 Å². The van der Waals surface area contributed by atoms with Crippen LogP contribution in [0, 0.1) is 0 Å². The Morgan fingerprint density at radius 1 is 1.13 bits per heavy atom. The average molecular weight is 205 g/mol. The summed E-state index contributed by atoms with van der Waals surface area (Å²) in [6.45, 7) is 10.4. The van der Waals surface area contributed by atoms with Crippen LogP contribution in [0.5, 0.6) is 0 Å². The molecule has 0 bridgehead atoms. The molecule has 0 spiro atoms. The number of nitrogens with zero attached hydrogens (tertiary/aromatic N) is 1. The Morgan fingerprint density at radius 3 is 2.40 bits per heavy atom. The van der Waals surface area contributed by atoms with Crippen molar-refractivity contribution in [2.75, 3.05) is 0 Å². The number of pyridine rings is 1. The van der Waals surface area contributed by atoms with Crippen LogP contribution >= 0.6 is 0 Å². The van der Waals surface area contributed by atoms with Crippen molar-refractivity contribution in [1.82, 2.24) is 4.98 Å². The highest BCUT2D eigenvalue weighted by atomic mass is 16.3. The third kappa shape index (κ3) is 2.38. The fraction of sp³-hybridized carbons (Fsp3) is 0.462. The maximum Gasteiger partial charge on any atom is 0.155 e. The van der Waals surface area contributed by atoms with Crippen molar-refractivity contribution in [3.8, 4) is 0 Å². The first kappa shape index (κ1) is 11.8. The molecule has 0 N–H and O–H groups in total. The lowest BCUT2D eigenvalue weighted by atomic mass is 9.91. The first-order valence-corrected chi connectivity index (χ1v) is 5.42. The molecule has 0 unspecified atom stereocenters. The molecule has 0 atom stereocenters. The predicted molar refractivity (Wildman–Crippen MR) is 64.1 cm³/mol. The molecule has 0 aliphatic heterocycles. The summed E-state index contributed by atoms with van der Waals surface area (Å²) in [5.74, 6) is 0. The molecule has 0 radical (unpaired) electrons. The maximum absolute atomic E-state index is 5.41. The molecule has 2 heterocycles. The molecule has 0 fully saturated rings. The van der Waals surface area contributed by atoms with E-state index in [0.717, 1.165) is 16.7 Å². The van der Waals surface area contributed by atoms with Crippen molar-refractivity contribution >= 4 is 11.0 Å². The maximum atomic E-state index is 5.41. The zero-order valence-electron chi connectivity index (χ0n) is 10.2. The lowest BCUT2D eigenvalue weighted by Crippen LogP contribution is -2.13. The number of aromatic nitrogens is 1. The van der Waals surface area contributed by atoms with E-state index >= 15 is 0 Å². The van der Waals surface area contributed by atoms with Gasteiger partial charge in [-0.2, -0.15) is 0 Å². The van der Waals surface area contributed by atoms with Gasteiger partial charge in [-0.05, 0) is 12.1 Å². The summed E-state index contributed by atoms with van der Waals surface area (Å²) < 4.78 is 5.41. The largest absolute Gasteiger partial charge is 0.462 e. The molecule has 2 aromatic rings. The molecular formula is C13H19NO. The molecule has 0 aromatic carbocycles. The van der Waals surface area contributed by atoms with Crippen LogP contribution in [0.15, 0.2) is 29.0 Å². The molecule has 2 rings (SSSR count). The molecule has 2 heteroatoms. The van der Waals surface area contributed by atoms with Crippen LogP contribution < -0.4 is 0 Å². The normalized spacial score (nSPS) is 11.0. The molecule has 0 aliphatic carbocycles. The third-order valence-electron chi connectivity index (χ3n) is 2.08. The third-order valence-corrected chi connectivity index (χ3v) is 2.08. The fourth-order valence-corrected chi connectivity index (χ4v) is 1.43. The van der Waals surface area contributed by atoms with E-state index < -0.39 is 0 Å². The van der Waals surface area contributed by atoms with E-state index in [4.69, 9.17) is 4.42 Å². The summed E-state index contributed by atoms with van der Waals surface area (Å²) in [6.07, 6.45) is 3.54. The smallest absolute Gasteiger partial charge is 0.155 e. The van der Waals surface area contributed by atoms with Crippen LogP contribution in [0.3, 0.4) is 0 Å². The van der Waals surface area contributed by atoms with Gasteiger partial charge in [-0.15, -0.1) is 0 Å².